The van der Waals surface area contributed by atoms with E-state index in [4.69, 9.17) is 5.11 Å². The average molecular weight is 242 g/mol. The zero-order valence-corrected chi connectivity index (χ0v) is 9.84. The van der Waals surface area contributed by atoms with Gasteiger partial charge in [-0.25, -0.2) is 0 Å². The molecule has 0 aliphatic heterocycles. The first kappa shape index (κ1) is 12.3. The van der Waals surface area contributed by atoms with Gasteiger partial charge in [-0.15, -0.1) is 0 Å². The van der Waals surface area contributed by atoms with Crippen LogP contribution < -0.4 is 0 Å². The van der Waals surface area contributed by atoms with Crippen molar-refractivity contribution in [1.29, 1.82) is 0 Å². The lowest BCUT2D eigenvalue weighted by Gasteiger charge is -2.05. The second-order valence-electron chi connectivity index (χ2n) is 4.06. The van der Waals surface area contributed by atoms with E-state index in [1.54, 1.807) is 12.1 Å². The lowest BCUT2D eigenvalue weighted by molar-refractivity contribution is 0.112. The molecule has 0 aliphatic rings. The summed E-state index contributed by atoms with van der Waals surface area (Å²) in [7, 11) is 0. The number of hydrogen-bond donors (Lipinski definition) is 2. The molecule has 0 radical (unpaired) electrons. The number of hydrogen-bond acceptors (Lipinski definition) is 3. The summed E-state index contributed by atoms with van der Waals surface area (Å²) in [5.41, 5.74) is 3.20. The molecule has 0 aromatic heterocycles. The Morgan fingerprint density at radius 3 is 2.28 bits per heavy atom. The van der Waals surface area contributed by atoms with Gasteiger partial charge in [-0.2, -0.15) is 0 Å². The highest BCUT2D eigenvalue weighted by atomic mass is 16.3. The number of carbonyl (C=O) groups excluding carboxylic acids is 1. The maximum absolute atomic E-state index is 10.8. The number of aliphatic hydroxyl groups is 1. The number of phenols is 1. The van der Waals surface area contributed by atoms with Crippen molar-refractivity contribution in [3.63, 3.8) is 0 Å². The number of rotatable bonds is 4. The number of aliphatic hydroxyl groups excluding tert-OH is 1. The quantitative estimate of drug-likeness (QED) is 0.809. The molecular formula is C15H14O3. The molecule has 0 aliphatic carbocycles. The number of phenolic OH excluding ortho intramolecular Hbond substituents is 1. The van der Waals surface area contributed by atoms with Crippen LogP contribution in [0.1, 0.15) is 15.9 Å². The molecule has 0 saturated heterocycles. The van der Waals surface area contributed by atoms with Gasteiger partial charge in [0, 0.05) is 6.61 Å². The highest BCUT2D eigenvalue weighted by Gasteiger charge is 2.03. The van der Waals surface area contributed by atoms with Crippen molar-refractivity contribution >= 4 is 6.29 Å². The number of aromatic hydroxyl groups is 1. The van der Waals surface area contributed by atoms with Gasteiger partial charge in [-0.3, -0.25) is 4.79 Å². The van der Waals surface area contributed by atoms with Crippen LogP contribution in [0.2, 0.25) is 0 Å². The van der Waals surface area contributed by atoms with Crippen LogP contribution in [0.3, 0.4) is 0 Å². The molecule has 2 N–H and O–H groups in total. The smallest absolute Gasteiger partial charge is 0.153 e. The Morgan fingerprint density at radius 1 is 1.00 bits per heavy atom. The Morgan fingerprint density at radius 2 is 1.67 bits per heavy atom. The summed E-state index contributed by atoms with van der Waals surface area (Å²) in [6.45, 7) is 0.133. The van der Waals surface area contributed by atoms with Gasteiger partial charge in [0.1, 0.15) is 5.75 Å². The number of carbonyl (C=O) groups is 1. The van der Waals surface area contributed by atoms with Crippen molar-refractivity contribution in [1.82, 2.24) is 0 Å². The van der Waals surface area contributed by atoms with Gasteiger partial charge in [0.15, 0.2) is 6.29 Å². The lowest BCUT2D eigenvalue weighted by atomic mass is 10.0. The third-order valence-corrected chi connectivity index (χ3v) is 2.84. The van der Waals surface area contributed by atoms with E-state index in [2.05, 4.69) is 0 Å². The molecule has 2 aromatic carbocycles. The topological polar surface area (TPSA) is 57.5 Å². The highest BCUT2D eigenvalue weighted by Crippen LogP contribution is 2.25. The first-order valence-corrected chi connectivity index (χ1v) is 5.73. The Hall–Kier alpha value is -2.13. The van der Waals surface area contributed by atoms with Crippen LogP contribution in [0.25, 0.3) is 11.1 Å². The van der Waals surface area contributed by atoms with Crippen molar-refractivity contribution in [2.75, 3.05) is 6.61 Å². The van der Waals surface area contributed by atoms with E-state index in [9.17, 15) is 9.90 Å². The SMILES string of the molecule is O=Cc1cc(-c2ccc(CCO)cc2)ccc1O. The fourth-order valence-electron chi connectivity index (χ4n) is 1.82. The van der Waals surface area contributed by atoms with E-state index in [-0.39, 0.29) is 17.9 Å². The molecule has 18 heavy (non-hydrogen) atoms. The van der Waals surface area contributed by atoms with E-state index in [0.717, 1.165) is 16.7 Å². The van der Waals surface area contributed by atoms with E-state index >= 15 is 0 Å². The fraction of sp³-hybridized carbons (Fsp3) is 0.133. The normalized spacial score (nSPS) is 10.3. The maximum Gasteiger partial charge on any atom is 0.153 e. The van der Waals surface area contributed by atoms with Crippen LogP contribution >= 0.6 is 0 Å². The van der Waals surface area contributed by atoms with Crippen LogP contribution in [0, 0.1) is 0 Å². The van der Waals surface area contributed by atoms with Crippen LogP contribution in [-0.4, -0.2) is 23.1 Å². The molecular weight excluding hydrogens is 228 g/mol. The first-order valence-electron chi connectivity index (χ1n) is 5.73. The maximum atomic E-state index is 10.8. The molecule has 0 heterocycles. The lowest BCUT2D eigenvalue weighted by Crippen LogP contribution is -1.90. The zero-order valence-electron chi connectivity index (χ0n) is 9.84. The van der Waals surface area contributed by atoms with E-state index in [1.165, 1.54) is 6.07 Å². The standard InChI is InChI=1S/C15H14O3/c16-8-7-11-1-3-12(4-2-11)13-5-6-15(18)14(9-13)10-17/h1-6,9-10,16,18H,7-8H2. The largest absolute Gasteiger partial charge is 0.507 e. The summed E-state index contributed by atoms with van der Waals surface area (Å²) in [6, 6.07) is 12.7. The summed E-state index contributed by atoms with van der Waals surface area (Å²) in [5, 5.41) is 18.3. The number of aldehydes is 1. The molecule has 0 unspecified atom stereocenters. The molecule has 0 atom stereocenters. The Balaban J connectivity index is 2.33. The van der Waals surface area contributed by atoms with Gasteiger partial charge in [0.25, 0.3) is 0 Å². The molecule has 92 valence electrons. The Labute approximate surface area is 105 Å². The predicted octanol–water partition coefficient (Wildman–Crippen LogP) is 2.41. The van der Waals surface area contributed by atoms with Crippen molar-refractivity contribution in [3.8, 4) is 16.9 Å². The van der Waals surface area contributed by atoms with E-state index in [0.29, 0.717) is 12.7 Å². The molecule has 0 spiro atoms. The van der Waals surface area contributed by atoms with Crippen molar-refractivity contribution in [2.24, 2.45) is 0 Å². The monoisotopic (exact) mass is 242 g/mol. The zero-order chi connectivity index (χ0) is 13.0. The minimum Gasteiger partial charge on any atom is -0.507 e. The van der Waals surface area contributed by atoms with Crippen molar-refractivity contribution in [3.05, 3.63) is 53.6 Å². The summed E-state index contributed by atoms with van der Waals surface area (Å²) >= 11 is 0. The molecule has 0 bridgehead atoms. The van der Waals surface area contributed by atoms with Crippen LogP contribution in [0.15, 0.2) is 42.5 Å². The van der Waals surface area contributed by atoms with Gasteiger partial charge in [-0.05, 0) is 35.2 Å². The third kappa shape index (κ3) is 2.57. The van der Waals surface area contributed by atoms with Gasteiger partial charge in [0.05, 0.1) is 5.56 Å². The molecule has 3 heteroatoms. The second-order valence-corrected chi connectivity index (χ2v) is 4.06. The third-order valence-electron chi connectivity index (χ3n) is 2.84. The van der Waals surface area contributed by atoms with E-state index < -0.39 is 0 Å². The van der Waals surface area contributed by atoms with Crippen molar-refractivity contribution in [2.45, 2.75) is 6.42 Å². The van der Waals surface area contributed by atoms with Gasteiger partial charge in [0.2, 0.25) is 0 Å². The highest BCUT2D eigenvalue weighted by molar-refractivity contribution is 5.82. The van der Waals surface area contributed by atoms with E-state index in [1.807, 2.05) is 24.3 Å². The van der Waals surface area contributed by atoms with Gasteiger partial charge >= 0.3 is 0 Å². The minimum atomic E-state index is -0.00866. The predicted molar refractivity (Wildman–Crippen MR) is 69.7 cm³/mol. The number of benzene rings is 2. The average Bonchev–Trinajstić information content (AvgIpc) is 2.41. The molecule has 2 aromatic rings. The van der Waals surface area contributed by atoms with Crippen LogP contribution in [-0.2, 0) is 6.42 Å². The second kappa shape index (κ2) is 5.47. The van der Waals surface area contributed by atoms with Crippen LogP contribution in [0.4, 0.5) is 0 Å². The molecule has 0 saturated carbocycles. The molecule has 2 rings (SSSR count). The summed E-state index contributed by atoms with van der Waals surface area (Å²) in [5.74, 6) is -0.00866. The van der Waals surface area contributed by atoms with Crippen LogP contribution in [0.5, 0.6) is 5.75 Å². The molecule has 0 amide bonds. The van der Waals surface area contributed by atoms with Gasteiger partial charge < -0.3 is 10.2 Å². The summed E-state index contributed by atoms with van der Waals surface area (Å²) < 4.78 is 0. The van der Waals surface area contributed by atoms with Crippen molar-refractivity contribution < 1.29 is 15.0 Å². The van der Waals surface area contributed by atoms with Gasteiger partial charge in [-0.1, -0.05) is 30.3 Å². The summed E-state index contributed by atoms with van der Waals surface area (Å²) in [4.78, 5) is 10.8. The first-order chi connectivity index (χ1) is 8.74. The Bertz CT molecular complexity index is 544. The Kier molecular flexibility index (Phi) is 3.75. The summed E-state index contributed by atoms with van der Waals surface area (Å²) in [6.07, 6.45) is 1.27. The minimum absolute atomic E-state index is 0.00866. The molecule has 3 nitrogen and oxygen atoms in total. The fourth-order valence-corrected chi connectivity index (χ4v) is 1.82. The molecule has 0 fully saturated rings.